The Morgan fingerprint density at radius 3 is 2.22 bits per heavy atom. The number of nitrogen functional groups attached to an aromatic ring is 1. The standard InChI is InChI=1S/C10H12F3NO3S/c11-10(12,13)7-17-5-6-18(15,16)9-3-1-8(14)2-4-9/h1-4H,5-7,14H2. The van der Waals surface area contributed by atoms with Crippen LogP contribution in [-0.2, 0) is 14.6 Å². The summed E-state index contributed by atoms with van der Waals surface area (Å²) in [7, 11) is -3.64. The Bertz CT molecular complexity index is 482. The SMILES string of the molecule is Nc1ccc(S(=O)(=O)CCOCC(F)(F)F)cc1. The van der Waals surface area contributed by atoms with E-state index in [1.54, 1.807) is 0 Å². The molecular weight excluding hydrogens is 271 g/mol. The Labute approximate surface area is 102 Å². The first-order chi connectivity index (χ1) is 8.21. The molecule has 0 spiro atoms. The highest BCUT2D eigenvalue weighted by Gasteiger charge is 2.27. The number of rotatable bonds is 5. The lowest BCUT2D eigenvalue weighted by Gasteiger charge is -2.08. The summed E-state index contributed by atoms with van der Waals surface area (Å²) in [6.45, 7) is -1.96. The van der Waals surface area contributed by atoms with Gasteiger partial charge in [-0.2, -0.15) is 13.2 Å². The highest BCUT2D eigenvalue weighted by molar-refractivity contribution is 7.91. The summed E-state index contributed by atoms with van der Waals surface area (Å²) >= 11 is 0. The Kier molecular flexibility index (Phi) is 4.58. The van der Waals surface area contributed by atoms with E-state index in [9.17, 15) is 21.6 Å². The Balaban J connectivity index is 2.53. The molecule has 0 aliphatic rings. The Morgan fingerprint density at radius 2 is 1.72 bits per heavy atom. The van der Waals surface area contributed by atoms with Crippen molar-refractivity contribution in [1.29, 1.82) is 0 Å². The number of halogens is 3. The topological polar surface area (TPSA) is 69.4 Å². The van der Waals surface area contributed by atoms with Crippen LogP contribution in [-0.4, -0.2) is 33.6 Å². The molecule has 0 fully saturated rings. The van der Waals surface area contributed by atoms with Crippen molar-refractivity contribution in [1.82, 2.24) is 0 Å². The second-order valence-corrected chi connectivity index (χ2v) is 5.66. The van der Waals surface area contributed by atoms with Crippen LogP contribution in [0.5, 0.6) is 0 Å². The van der Waals surface area contributed by atoms with Gasteiger partial charge in [-0.25, -0.2) is 8.42 Å². The molecule has 0 saturated carbocycles. The van der Waals surface area contributed by atoms with E-state index < -0.39 is 35.0 Å². The summed E-state index contributed by atoms with van der Waals surface area (Å²) in [5.74, 6) is -0.507. The second kappa shape index (κ2) is 5.57. The van der Waals surface area contributed by atoms with Crippen molar-refractivity contribution in [3.63, 3.8) is 0 Å². The predicted octanol–water partition coefficient (Wildman–Crippen LogP) is 1.62. The third kappa shape index (κ3) is 4.92. The van der Waals surface area contributed by atoms with Crippen molar-refractivity contribution in [2.45, 2.75) is 11.1 Å². The van der Waals surface area contributed by atoms with Crippen LogP contribution >= 0.6 is 0 Å². The summed E-state index contributed by atoms with van der Waals surface area (Å²) < 4.78 is 62.8. The first kappa shape index (κ1) is 14.8. The Morgan fingerprint density at radius 1 is 1.17 bits per heavy atom. The maximum absolute atomic E-state index is 11.8. The summed E-state index contributed by atoms with van der Waals surface area (Å²) in [4.78, 5) is 0.00677. The van der Waals surface area contributed by atoms with Crippen LogP contribution in [0.25, 0.3) is 0 Å². The van der Waals surface area contributed by atoms with Gasteiger partial charge in [0, 0.05) is 5.69 Å². The fraction of sp³-hybridized carbons (Fsp3) is 0.400. The predicted molar refractivity (Wildman–Crippen MR) is 59.8 cm³/mol. The number of hydrogen-bond donors (Lipinski definition) is 1. The van der Waals surface area contributed by atoms with Gasteiger partial charge in [0.25, 0.3) is 0 Å². The number of anilines is 1. The van der Waals surface area contributed by atoms with E-state index in [0.717, 1.165) is 0 Å². The molecule has 0 radical (unpaired) electrons. The fourth-order valence-electron chi connectivity index (χ4n) is 1.15. The number of ether oxygens (including phenoxy) is 1. The molecule has 0 aliphatic carbocycles. The number of nitrogens with two attached hydrogens (primary N) is 1. The van der Waals surface area contributed by atoms with Crippen LogP contribution in [0.3, 0.4) is 0 Å². The monoisotopic (exact) mass is 283 g/mol. The minimum absolute atomic E-state index is 0.00677. The van der Waals surface area contributed by atoms with Gasteiger partial charge in [0.2, 0.25) is 0 Å². The molecule has 18 heavy (non-hydrogen) atoms. The minimum atomic E-state index is -4.45. The van der Waals surface area contributed by atoms with Gasteiger partial charge in [-0.3, -0.25) is 0 Å². The fourth-order valence-corrected chi connectivity index (χ4v) is 2.27. The van der Waals surface area contributed by atoms with Crippen LogP contribution in [0.1, 0.15) is 0 Å². The summed E-state index contributed by atoms with van der Waals surface area (Å²) in [6, 6.07) is 5.41. The lowest BCUT2D eigenvalue weighted by molar-refractivity contribution is -0.172. The third-order valence-corrected chi connectivity index (χ3v) is 3.70. The number of benzene rings is 1. The molecule has 102 valence electrons. The molecule has 0 aromatic heterocycles. The molecule has 1 rings (SSSR count). The third-order valence-electron chi connectivity index (χ3n) is 2.00. The molecule has 0 atom stereocenters. The quantitative estimate of drug-likeness (QED) is 0.658. The Hall–Kier alpha value is -1.28. The van der Waals surface area contributed by atoms with Gasteiger partial charge in [-0.1, -0.05) is 0 Å². The maximum atomic E-state index is 11.8. The second-order valence-electron chi connectivity index (χ2n) is 3.56. The zero-order valence-electron chi connectivity index (χ0n) is 9.27. The van der Waals surface area contributed by atoms with Crippen molar-refractivity contribution in [2.24, 2.45) is 0 Å². The van der Waals surface area contributed by atoms with Crippen LogP contribution < -0.4 is 5.73 Å². The van der Waals surface area contributed by atoms with Crippen LogP contribution in [0.2, 0.25) is 0 Å². The number of hydrogen-bond acceptors (Lipinski definition) is 4. The smallest absolute Gasteiger partial charge is 0.399 e. The number of alkyl halides is 3. The highest BCUT2D eigenvalue weighted by Crippen LogP contribution is 2.16. The van der Waals surface area contributed by atoms with Crippen molar-refractivity contribution in [3.05, 3.63) is 24.3 Å². The average molecular weight is 283 g/mol. The van der Waals surface area contributed by atoms with E-state index >= 15 is 0 Å². The molecule has 2 N–H and O–H groups in total. The van der Waals surface area contributed by atoms with Gasteiger partial charge in [-0.15, -0.1) is 0 Å². The maximum Gasteiger partial charge on any atom is 0.411 e. The molecule has 0 saturated heterocycles. The molecule has 1 aromatic carbocycles. The van der Waals surface area contributed by atoms with E-state index in [-0.39, 0.29) is 4.90 Å². The average Bonchev–Trinajstić information content (AvgIpc) is 2.24. The summed E-state index contributed by atoms with van der Waals surface area (Å²) in [5, 5.41) is 0. The van der Waals surface area contributed by atoms with E-state index in [1.807, 2.05) is 0 Å². The van der Waals surface area contributed by atoms with Gasteiger partial charge in [0.1, 0.15) is 6.61 Å². The summed E-state index contributed by atoms with van der Waals surface area (Å²) in [6.07, 6.45) is -4.45. The highest BCUT2D eigenvalue weighted by atomic mass is 32.2. The molecule has 0 heterocycles. The molecule has 0 amide bonds. The summed E-state index contributed by atoms with van der Waals surface area (Å²) in [5.41, 5.74) is 5.80. The van der Waals surface area contributed by atoms with Gasteiger partial charge in [0.05, 0.1) is 17.3 Å². The first-order valence-corrected chi connectivity index (χ1v) is 6.59. The molecule has 8 heteroatoms. The van der Waals surface area contributed by atoms with Crippen molar-refractivity contribution in [2.75, 3.05) is 24.7 Å². The van der Waals surface area contributed by atoms with E-state index in [0.29, 0.717) is 5.69 Å². The largest absolute Gasteiger partial charge is 0.411 e. The molecule has 0 unspecified atom stereocenters. The molecule has 4 nitrogen and oxygen atoms in total. The van der Waals surface area contributed by atoms with Gasteiger partial charge < -0.3 is 10.5 Å². The first-order valence-electron chi connectivity index (χ1n) is 4.93. The molecule has 0 aliphatic heterocycles. The molecule has 0 bridgehead atoms. The van der Waals surface area contributed by atoms with E-state index in [1.165, 1.54) is 24.3 Å². The lowest BCUT2D eigenvalue weighted by atomic mass is 10.3. The zero-order chi connectivity index (χ0) is 13.8. The lowest BCUT2D eigenvalue weighted by Crippen LogP contribution is -2.20. The van der Waals surface area contributed by atoms with Crippen molar-refractivity contribution >= 4 is 15.5 Å². The van der Waals surface area contributed by atoms with Crippen molar-refractivity contribution < 1.29 is 26.3 Å². The van der Waals surface area contributed by atoms with E-state index in [4.69, 9.17) is 5.73 Å². The van der Waals surface area contributed by atoms with Crippen molar-refractivity contribution in [3.8, 4) is 0 Å². The zero-order valence-corrected chi connectivity index (χ0v) is 10.1. The molecular formula is C10H12F3NO3S. The van der Waals surface area contributed by atoms with Crippen LogP contribution in [0.4, 0.5) is 18.9 Å². The number of sulfone groups is 1. The van der Waals surface area contributed by atoms with Crippen LogP contribution in [0, 0.1) is 0 Å². The normalized spacial score (nSPS) is 12.6. The molecule has 1 aromatic rings. The van der Waals surface area contributed by atoms with Gasteiger partial charge >= 0.3 is 6.18 Å². The minimum Gasteiger partial charge on any atom is -0.399 e. The van der Waals surface area contributed by atoms with E-state index in [2.05, 4.69) is 4.74 Å². The van der Waals surface area contributed by atoms with Gasteiger partial charge in [0.15, 0.2) is 9.84 Å². The van der Waals surface area contributed by atoms with Gasteiger partial charge in [-0.05, 0) is 24.3 Å². The van der Waals surface area contributed by atoms with Crippen LogP contribution in [0.15, 0.2) is 29.2 Å².